The van der Waals surface area contributed by atoms with Gasteiger partial charge < -0.3 is 35.8 Å². The third kappa shape index (κ3) is 5.21. The highest BCUT2D eigenvalue weighted by molar-refractivity contribution is 5.83. The number of piperidine rings is 3. The minimum Gasteiger partial charge on any atom is -1.00 e. The van der Waals surface area contributed by atoms with Gasteiger partial charge in [0.2, 0.25) is 0 Å². The molecule has 4 heterocycles. The van der Waals surface area contributed by atoms with Gasteiger partial charge in [-0.15, -0.1) is 0 Å². The summed E-state index contributed by atoms with van der Waals surface area (Å²) >= 11 is 0. The fourth-order valence-electron chi connectivity index (χ4n) is 6.73. The van der Waals surface area contributed by atoms with Crippen LogP contribution in [0.4, 0.5) is 0 Å². The number of halogens is 1. The van der Waals surface area contributed by atoms with Crippen molar-refractivity contribution in [2.24, 2.45) is 5.92 Å². The summed E-state index contributed by atoms with van der Waals surface area (Å²) in [7, 11) is 0. The van der Waals surface area contributed by atoms with Crippen molar-refractivity contribution in [2.45, 2.75) is 62.9 Å². The molecule has 1 aromatic rings. The van der Waals surface area contributed by atoms with Crippen LogP contribution in [0.3, 0.4) is 0 Å². The molecule has 4 aliphatic heterocycles. The van der Waals surface area contributed by atoms with Crippen LogP contribution in [0.2, 0.25) is 0 Å². The Balaban J connectivity index is 0.00000274. The number of carbonyl (C=O) groups excluding carboxylic acids is 2. The van der Waals surface area contributed by atoms with Gasteiger partial charge in [0.05, 0.1) is 31.7 Å². The van der Waals surface area contributed by atoms with Crippen molar-refractivity contribution < 1.29 is 40.5 Å². The maximum Gasteiger partial charge on any atom is 0.317 e. The van der Waals surface area contributed by atoms with E-state index in [-0.39, 0.29) is 35.0 Å². The van der Waals surface area contributed by atoms with Crippen LogP contribution in [0.15, 0.2) is 30.3 Å². The van der Waals surface area contributed by atoms with Gasteiger partial charge in [-0.2, -0.15) is 0 Å². The van der Waals surface area contributed by atoms with Crippen molar-refractivity contribution >= 4 is 11.9 Å². The molecular formula is C27H39BrN2O4. The molecule has 1 saturated carbocycles. The van der Waals surface area contributed by atoms with Crippen LogP contribution in [-0.2, 0) is 24.5 Å². The Morgan fingerprint density at radius 1 is 1.00 bits per heavy atom. The smallest absolute Gasteiger partial charge is 0.317 e. The third-order valence-corrected chi connectivity index (χ3v) is 8.81. The van der Waals surface area contributed by atoms with Crippen molar-refractivity contribution in [3.05, 3.63) is 35.9 Å². The Labute approximate surface area is 214 Å². The van der Waals surface area contributed by atoms with E-state index in [9.17, 15) is 9.59 Å². The topological polar surface area (TPSA) is 55.8 Å². The van der Waals surface area contributed by atoms with E-state index >= 15 is 0 Å². The summed E-state index contributed by atoms with van der Waals surface area (Å²) in [5.74, 6) is 0.645. The Bertz CT molecular complexity index is 826. The molecule has 6 nitrogen and oxygen atoms in total. The van der Waals surface area contributed by atoms with E-state index in [0.717, 1.165) is 68.2 Å². The fourth-order valence-corrected chi connectivity index (χ4v) is 6.73. The number of rotatable bonds is 5. The maximum atomic E-state index is 13.9. The van der Waals surface area contributed by atoms with E-state index in [4.69, 9.17) is 9.47 Å². The van der Waals surface area contributed by atoms with Gasteiger partial charge in [0.25, 0.3) is 5.91 Å². The Morgan fingerprint density at radius 2 is 1.65 bits per heavy atom. The normalized spacial score (nSPS) is 30.6. The number of nitrogens with zero attached hydrogens (tertiary/aromatic N) is 2. The molecule has 1 amide bonds. The number of amides is 1. The molecule has 0 aromatic heterocycles. The van der Waals surface area contributed by atoms with Gasteiger partial charge in [0.15, 0.2) is 12.6 Å². The highest BCUT2D eigenvalue weighted by Crippen LogP contribution is 2.42. The molecular weight excluding hydrogens is 496 g/mol. The van der Waals surface area contributed by atoms with Crippen LogP contribution in [0, 0.1) is 5.92 Å². The zero-order valence-electron chi connectivity index (χ0n) is 20.3. The van der Waals surface area contributed by atoms with Crippen molar-refractivity contribution in [1.82, 2.24) is 4.90 Å². The van der Waals surface area contributed by atoms with Crippen LogP contribution in [0.5, 0.6) is 0 Å². The summed E-state index contributed by atoms with van der Waals surface area (Å²) in [5.41, 5.74) is 0.600. The summed E-state index contributed by atoms with van der Waals surface area (Å²) < 4.78 is 12.6. The Kier molecular flexibility index (Phi) is 8.36. The van der Waals surface area contributed by atoms with Crippen LogP contribution in [0.1, 0.15) is 56.9 Å². The minimum absolute atomic E-state index is 0. The van der Waals surface area contributed by atoms with Crippen LogP contribution < -0.4 is 17.0 Å². The number of hydrogen-bond acceptors (Lipinski definition) is 4. The first-order chi connectivity index (χ1) is 16.1. The molecule has 1 aromatic carbocycles. The first-order valence-electron chi connectivity index (χ1n) is 13.1. The molecule has 5 fully saturated rings. The van der Waals surface area contributed by atoms with E-state index < -0.39 is 5.41 Å². The average Bonchev–Trinajstić information content (AvgIpc) is 3.13. The number of benzene rings is 1. The van der Waals surface area contributed by atoms with Crippen LogP contribution in [0.25, 0.3) is 0 Å². The van der Waals surface area contributed by atoms with E-state index in [1.165, 1.54) is 12.8 Å². The summed E-state index contributed by atoms with van der Waals surface area (Å²) in [6, 6.07) is 10.3. The molecule has 1 aliphatic carbocycles. The van der Waals surface area contributed by atoms with E-state index in [1.807, 2.05) is 23.1 Å². The largest absolute Gasteiger partial charge is 1.00 e. The lowest BCUT2D eigenvalue weighted by Gasteiger charge is -2.52. The summed E-state index contributed by atoms with van der Waals surface area (Å²) in [4.78, 5) is 28.9. The molecule has 0 spiro atoms. The SMILES string of the molecule is O=C(C[N+]12CCC(CC1)[C@@H](OC(=O)C1(c3ccccc3)CCCCCC1)C2)N1CCOCC1.[Br-]. The molecule has 4 saturated heterocycles. The van der Waals surface area contributed by atoms with Gasteiger partial charge in [-0.1, -0.05) is 56.0 Å². The fraction of sp³-hybridized carbons (Fsp3) is 0.704. The molecule has 5 aliphatic rings. The van der Waals surface area contributed by atoms with Gasteiger partial charge in [0, 0.05) is 31.8 Å². The van der Waals surface area contributed by atoms with Crippen molar-refractivity contribution in [1.29, 1.82) is 0 Å². The lowest BCUT2D eigenvalue weighted by Crippen LogP contribution is -3.00. The van der Waals surface area contributed by atoms with E-state index in [2.05, 4.69) is 12.1 Å². The summed E-state index contributed by atoms with van der Waals surface area (Å²) in [5, 5.41) is 0. The lowest BCUT2D eigenvalue weighted by atomic mass is 9.74. The van der Waals surface area contributed by atoms with Gasteiger partial charge >= 0.3 is 5.97 Å². The van der Waals surface area contributed by atoms with E-state index in [1.54, 1.807) is 0 Å². The number of morpholine rings is 1. The van der Waals surface area contributed by atoms with E-state index in [0.29, 0.717) is 38.8 Å². The van der Waals surface area contributed by atoms with Gasteiger partial charge in [-0.05, 0) is 18.4 Å². The molecule has 0 N–H and O–H groups in total. The molecule has 34 heavy (non-hydrogen) atoms. The van der Waals surface area contributed by atoms with Gasteiger partial charge in [0.1, 0.15) is 6.54 Å². The molecule has 188 valence electrons. The quantitative estimate of drug-likeness (QED) is 0.309. The number of esters is 1. The summed E-state index contributed by atoms with van der Waals surface area (Å²) in [6.07, 6.45) is 8.32. The maximum absolute atomic E-state index is 13.9. The zero-order chi connectivity index (χ0) is 22.7. The average molecular weight is 536 g/mol. The molecule has 7 heteroatoms. The summed E-state index contributed by atoms with van der Waals surface area (Å²) in [6.45, 7) is 6.03. The minimum atomic E-state index is -0.516. The second kappa shape index (κ2) is 11.1. The molecule has 6 rings (SSSR count). The predicted octanol–water partition coefficient (Wildman–Crippen LogP) is 0.294. The Hall–Kier alpha value is -1.44. The third-order valence-electron chi connectivity index (χ3n) is 8.81. The number of fused-ring (bicyclic) bond motifs is 3. The van der Waals surface area contributed by atoms with Crippen molar-refractivity contribution in [3.8, 4) is 0 Å². The van der Waals surface area contributed by atoms with Gasteiger partial charge in [-0.25, -0.2) is 0 Å². The number of ether oxygens (including phenoxy) is 2. The van der Waals surface area contributed by atoms with Crippen LogP contribution >= 0.6 is 0 Å². The van der Waals surface area contributed by atoms with Crippen LogP contribution in [-0.4, -0.2) is 79.8 Å². The highest BCUT2D eigenvalue weighted by atomic mass is 79.9. The molecule has 2 bridgehead atoms. The second-order valence-corrected chi connectivity index (χ2v) is 10.8. The van der Waals surface area contributed by atoms with Gasteiger partial charge in [-0.3, -0.25) is 9.59 Å². The number of quaternary nitrogens is 1. The molecule has 0 radical (unpaired) electrons. The molecule has 1 atom stereocenters. The number of hydrogen-bond donors (Lipinski definition) is 0. The first kappa shape index (κ1) is 25.6. The number of carbonyl (C=O) groups is 2. The monoisotopic (exact) mass is 534 g/mol. The van der Waals surface area contributed by atoms with Crippen molar-refractivity contribution in [2.75, 3.05) is 52.5 Å². The second-order valence-electron chi connectivity index (χ2n) is 10.8. The van der Waals surface area contributed by atoms with Crippen molar-refractivity contribution in [3.63, 3.8) is 0 Å². The lowest BCUT2D eigenvalue weighted by molar-refractivity contribution is -0.939. The standard InChI is InChI=1S/C27H39N2O4.BrH/c30-25(28-14-18-32-19-15-28)21-29-16-10-22(11-17-29)24(20-29)33-26(31)27(12-6-1-2-7-13-27)23-8-4-3-5-9-23;/h3-5,8-9,22,24H,1-2,6-7,10-21H2;1H/q+1;/p-1/t22?,24-,29?;/m0./s1. The zero-order valence-corrected chi connectivity index (χ0v) is 21.8. The Morgan fingerprint density at radius 3 is 2.29 bits per heavy atom. The first-order valence-corrected chi connectivity index (χ1v) is 13.1. The molecule has 0 unspecified atom stereocenters. The predicted molar refractivity (Wildman–Crippen MR) is 126 cm³/mol. The highest BCUT2D eigenvalue weighted by Gasteiger charge is 2.51.